The maximum atomic E-state index is 5.08. The van der Waals surface area contributed by atoms with Crippen LogP contribution in [0.1, 0.15) is 0 Å². The van der Waals surface area contributed by atoms with Crippen LogP contribution in [0.15, 0.2) is 103 Å². The number of pyridine rings is 3. The molecule has 0 fully saturated rings. The summed E-state index contributed by atoms with van der Waals surface area (Å²) in [5.74, 6) is 0. The molecule has 140 valence electrons. The molecule has 0 saturated carbocycles. The minimum Gasteiger partial charge on any atom is -0.256 e. The number of aromatic nitrogens is 3. The van der Waals surface area contributed by atoms with Gasteiger partial charge in [-0.05, 0) is 36.4 Å². The van der Waals surface area contributed by atoms with E-state index in [-0.39, 0.29) is 0 Å². The van der Waals surface area contributed by atoms with Gasteiger partial charge in [0.1, 0.15) is 0 Å². The van der Waals surface area contributed by atoms with E-state index in [0.29, 0.717) is 0 Å². The first kappa shape index (κ1) is 16.8. The lowest BCUT2D eigenvalue weighted by Gasteiger charge is -2.13. The van der Waals surface area contributed by atoms with Crippen molar-refractivity contribution >= 4 is 32.7 Å². The standard InChI is InChI=1S/C27H17N3/c1-4-10-23-18(7-1)13-14-26(29-23)22-17-19-8-2-5-11-24(19)30-27(22)21-15-16-28-25-12-6-3-9-20(21)25/h1-17H. The third-order valence-corrected chi connectivity index (χ3v) is 5.50. The third-order valence-electron chi connectivity index (χ3n) is 5.50. The second kappa shape index (κ2) is 6.75. The first-order valence-electron chi connectivity index (χ1n) is 9.97. The Hall–Kier alpha value is -4.11. The average molecular weight is 383 g/mol. The number of hydrogen-bond donors (Lipinski definition) is 0. The van der Waals surface area contributed by atoms with Crippen molar-refractivity contribution in [3.8, 4) is 22.5 Å². The zero-order chi connectivity index (χ0) is 19.9. The number of para-hydroxylation sites is 3. The summed E-state index contributed by atoms with van der Waals surface area (Å²) in [6.07, 6.45) is 1.85. The van der Waals surface area contributed by atoms with Crippen LogP contribution in [0.4, 0.5) is 0 Å². The van der Waals surface area contributed by atoms with E-state index in [1.807, 2.05) is 54.7 Å². The molecule has 0 unspecified atom stereocenters. The van der Waals surface area contributed by atoms with E-state index in [2.05, 4.69) is 53.5 Å². The molecular formula is C27H17N3. The van der Waals surface area contributed by atoms with Gasteiger partial charge in [0.15, 0.2) is 0 Å². The molecule has 0 saturated heterocycles. The fourth-order valence-corrected chi connectivity index (χ4v) is 4.03. The Morgan fingerprint density at radius 1 is 0.500 bits per heavy atom. The second-order valence-corrected chi connectivity index (χ2v) is 7.34. The predicted molar refractivity (Wildman–Crippen MR) is 123 cm³/mol. The van der Waals surface area contributed by atoms with Crippen molar-refractivity contribution < 1.29 is 0 Å². The van der Waals surface area contributed by atoms with Crippen LogP contribution in [0.2, 0.25) is 0 Å². The molecule has 3 nitrogen and oxygen atoms in total. The van der Waals surface area contributed by atoms with E-state index in [0.717, 1.165) is 55.2 Å². The smallest absolute Gasteiger partial charge is 0.0811 e. The van der Waals surface area contributed by atoms with Gasteiger partial charge in [0.2, 0.25) is 0 Å². The number of rotatable bonds is 2. The van der Waals surface area contributed by atoms with Crippen LogP contribution in [0.25, 0.3) is 55.2 Å². The van der Waals surface area contributed by atoms with Gasteiger partial charge in [-0.1, -0.05) is 60.7 Å². The lowest BCUT2D eigenvalue weighted by molar-refractivity contribution is 1.34. The second-order valence-electron chi connectivity index (χ2n) is 7.34. The van der Waals surface area contributed by atoms with E-state index >= 15 is 0 Å². The summed E-state index contributed by atoms with van der Waals surface area (Å²) in [6, 6.07) is 33.1. The summed E-state index contributed by atoms with van der Waals surface area (Å²) >= 11 is 0. The number of hydrogen-bond acceptors (Lipinski definition) is 3. The molecule has 0 amide bonds. The molecule has 6 rings (SSSR count). The monoisotopic (exact) mass is 383 g/mol. The third kappa shape index (κ3) is 2.72. The van der Waals surface area contributed by atoms with Gasteiger partial charge in [-0.2, -0.15) is 0 Å². The Morgan fingerprint density at radius 2 is 1.20 bits per heavy atom. The lowest BCUT2D eigenvalue weighted by atomic mass is 9.97. The molecule has 0 aliphatic carbocycles. The molecule has 3 aromatic heterocycles. The van der Waals surface area contributed by atoms with Crippen LogP contribution in [0.3, 0.4) is 0 Å². The summed E-state index contributed by atoms with van der Waals surface area (Å²) in [5, 5.41) is 3.32. The van der Waals surface area contributed by atoms with E-state index in [4.69, 9.17) is 9.97 Å². The summed E-state index contributed by atoms with van der Waals surface area (Å²) in [6.45, 7) is 0. The highest BCUT2D eigenvalue weighted by Gasteiger charge is 2.15. The molecule has 6 aromatic rings. The minimum absolute atomic E-state index is 0.919. The quantitative estimate of drug-likeness (QED) is 0.335. The van der Waals surface area contributed by atoms with Gasteiger partial charge in [-0.3, -0.25) is 4.98 Å². The van der Waals surface area contributed by atoms with Gasteiger partial charge >= 0.3 is 0 Å². The Morgan fingerprint density at radius 3 is 2.07 bits per heavy atom. The van der Waals surface area contributed by atoms with Crippen LogP contribution in [-0.2, 0) is 0 Å². The Kier molecular flexibility index (Phi) is 3.78. The zero-order valence-electron chi connectivity index (χ0n) is 16.2. The fraction of sp³-hybridized carbons (Fsp3) is 0. The lowest BCUT2D eigenvalue weighted by Crippen LogP contribution is -1.95. The topological polar surface area (TPSA) is 38.7 Å². The Balaban J connectivity index is 1.70. The van der Waals surface area contributed by atoms with Gasteiger partial charge in [0, 0.05) is 33.5 Å². The number of nitrogens with zero attached hydrogens (tertiary/aromatic N) is 3. The zero-order valence-corrected chi connectivity index (χ0v) is 16.2. The summed E-state index contributed by atoms with van der Waals surface area (Å²) in [7, 11) is 0. The van der Waals surface area contributed by atoms with E-state index < -0.39 is 0 Å². The van der Waals surface area contributed by atoms with Crippen LogP contribution in [-0.4, -0.2) is 15.0 Å². The first-order chi connectivity index (χ1) is 14.9. The van der Waals surface area contributed by atoms with E-state index in [9.17, 15) is 0 Å². The summed E-state index contributed by atoms with van der Waals surface area (Å²) < 4.78 is 0. The molecule has 30 heavy (non-hydrogen) atoms. The summed E-state index contributed by atoms with van der Waals surface area (Å²) in [4.78, 5) is 14.6. The molecular weight excluding hydrogens is 366 g/mol. The molecule has 0 radical (unpaired) electrons. The number of fused-ring (bicyclic) bond motifs is 3. The van der Waals surface area contributed by atoms with Crippen LogP contribution in [0.5, 0.6) is 0 Å². The Labute approximate surface area is 173 Å². The van der Waals surface area contributed by atoms with Crippen molar-refractivity contribution in [2.24, 2.45) is 0 Å². The van der Waals surface area contributed by atoms with Gasteiger partial charge in [0.05, 0.1) is 27.9 Å². The van der Waals surface area contributed by atoms with Gasteiger partial charge in [-0.15, -0.1) is 0 Å². The fourth-order valence-electron chi connectivity index (χ4n) is 4.03. The average Bonchev–Trinajstić information content (AvgIpc) is 2.82. The van der Waals surface area contributed by atoms with Crippen molar-refractivity contribution in [2.75, 3.05) is 0 Å². The minimum atomic E-state index is 0.919. The molecule has 0 atom stereocenters. The van der Waals surface area contributed by atoms with Crippen LogP contribution in [0, 0.1) is 0 Å². The van der Waals surface area contributed by atoms with E-state index in [1.54, 1.807) is 0 Å². The molecule has 0 N–H and O–H groups in total. The molecule has 0 spiro atoms. The van der Waals surface area contributed by atoms with Crippen LogP contribution < -0.4 is 0 Å². The SMILES string of the molecule is c1ccc2nc(-c3cc4ccccc4nc3-c3ccnc4ccccc34)ccc2c1. The normalized spacial score (nSPS) is 11.3. The molecule has 0 bridgehead atoms. The predicted octanol–water partition coefficient (Wildman–Crippen LogP) is 6.67. The first-order valence-corrected chi connectivity index (χ1v) is 9.97. The molecule has 3 aromatic carbocycles. The van der Waals surface area contributed by atoms with Crippen molar-refractivity contribution in [1.82, 2.24) is 15.0 Å². The molecule has 3 heteroatoms. The highest BCUT2D eigenvalue weighted by atomic mass is 14.7. The van der Waals surface area contributed by atoms with Crippen molar-refractivity contribution in [3.63, 3.8) is 0 Å². The maximum absolute atomic E-state index is 5.08. The van der Waals surface area contributed by atoms with Crippen molar-refractivity contribution in [3.05, 3.63) is 103 Å². The summed E-state index contributed by atoms with van der Waals surface area (Å²) in [5.41, 5.74) is 6.85. The highest BCUT2D eigenvalue weighted by Crippen LogP contribution is 2.36. The molecule has 3 heterocycles. The van der Waals surface area contributed by atoms with Gasteiger partial charge in [0.25, 0.3) is 0 Å². The van der Waals surface area contributed by atoms with Crippen molar-refractivity contribution in [1.29, 1.82) is 0 Å². The highest BCUT2D eigenvalue weighted by molar-refractivity contribution is 6.00. The molecule has 0 aliphatic heterocycles. The van der Waals surface area contributed by atoms with Crippen molar-refractivity contribution in [2.45, 2.75) is 0 Å². The largest absolute Gasteiger partial charge is 0.256 e. The molecule has 0 aliphatic rings. The van der Waals surface area contributed by atoms with Crippen LogP contribution >= 0.6 is 0 Å². The van der Waals surface area contributed by atoms with Gasteiger partial charge in [-0.25, -0.2) is 9.97 Å². The Bertz CT molecular complexity index is 1550. The number of benzene rings is 3. The van der Waals surface area contributed by atoms with E-state index in [1.165, 1.54) is 0 Å². The maximum Gasteiger partial charge on any atom is 0.0811 e. The van der Waals surface area contributed by atoms with Gasteiger partial charge < -0.3 is 0 Å².